The maximum absolute atomic E-state index is 11.8. The molecule has 5 nitrogen and oxygen atoms in total. The van der Waals surface area contributed by atoms with Gasteiger partial charge in [0.15, 0.2) is 6.61 Å². The molecule has 0 aromatic rings. The van der Waals surface area contributed by atoms with Crippen LogP contribution in [0.3, 0.4) is 0 Å². The van der Waals surface area contributed by atoms with Gasteiger partial charge in [0.2, 0.25) is 0 Å². The molecule has 0 amide bonds. The zero-order valence-electron chi connectivity index (χ0n) is 12.1. The summed E-state index contributed by atoms with van der Waals surface area (Å²) in [5, 5.41) is 0. The predicted octanol–water partition coefficient (Wildman–Crippen LogP) is 2.04. The highest BCUT2D eigenvalue weighted by Crippen LogP contribution is 2.34. The van der Waals surface area contributed by atoms with Crippen molar-refractivity contribution in [2.75, 3.05) is 13.7 Å². The van der Waals surface area contributed by atoms with E-state index in [2.05, 4.69) is 4.74 Å². The van der Waals surface area contributed by atoms with Crippen molar-refractivity contribution in [1.29, 1.82) is 0 Å². The van der Waals surface area contributed by atoms with Crippen LogP contribution >= 0.6 is 0 Å². The van der Waals surface area contributed by atoms with E-state index in [0.717, 1.165) is 12.8 Å². The Kier molecular flexibility index (Phi) is 6.98. The SMILES string of the molecule is CC/C=C\CC1C(=O)CCC1CC(=O)OCC(=O)OC. The summed E-state index contributed by atoms with van der Waals surface area (Å²) in [5.41, 5.74) is 0. The topological polar surface area (TPSA) is 69.7 Å². The van der Waals surface area contributed by atoms with E-state index in [1.165, 1.54) is 7.11 Å². The second kappa shape index (κ2) is 8.51. The molecule has 2 atom stereocenters. The Hall–Kier alpha value is -1.65. The van der Waals surface area contributed by atoms with Crippen LogP contribution in [0.25, 0.3) is 0 Å². The number of methoxy groups -OCH3 is 1. The number of carbonyl (C=O) groups excluding carboxylic acids is 3. The molecule has 0 radical (unpaired) electrons. The van der Waals surface area contributed by atoms with Gasteiger partial charge in [-0.1, -0.05) is 19.1 Å². The first kappa shape index (κ1) is 16.4. The zero-order chi connectivity index (χ0) is 15.0. The third-order valence-corrected chi connectivity index (χ3v) is 3.54. The van der Waals surface area contributed by atoms with Crippen molar-refractivity contribution >= 4 is 17.7 Å². The van der Waals surface area contributed by atoms with Gasteiger partial charge in [0.25, 0.3) is 0 Å². The van der Waals surface area contributed by atoms with E-state index in [9.17, 15) is 14.4 Å². The van der Waals surface area contributed by atoms with Crippen LogP contribution in [0.4, 0.5) is 0 Å². The first-order chi connectivity index (χ1) is 9.58. The van der Waals surface area contributed by atoms with Crippen molar-refractivity contribution in [1.82, 2.24) is 0 Å². The van der Waals surface area contributed by atoms with E-state index < -0.39 is 11.9 Å². The fourth-order valence-electron chi connectivity index (χ4n) is 2.43. The normalized spacial score (nSPS) is 22.2. The maximum atomic E-state index is 11.8. The molecule has 5 heteroatoms. The summed E-state index contributed by atoms with van der Waals surface area (Å²) < 4.78 is 9.22. The largest absolute Gasteiger partial charge is 0.466 e. The Labute approximate surface area is 119 Å². The van der Waals surface area contributed by atoms with Crippen LogP contribution in [0.5, 0.6) is 0 Å². The molecule has 0 aromatic carbocycles. The lowest BCUT2D eigenvalue weighted by molar-refractivity contribution is -0.157. The maximum Gasteiger partial charge on any atom is 0.344 e. The van der Waals surface area contributed by atoms with Gasteiger partial charge in [0.1, 0.15) is 5.78 Å². The third kappa shape index (κ3) is 5.15. The minimum absolute atomic E-state index is 0.0224. The van der Waals surface area contributed by atoms with Gasteiger partial charge >= 0.3 is 11.9 Å². The van der Waals surface area contributed by atoms with Gasteiger partial charge in [-0.15, -0.1) is 0 Å². The van der Waals surface area contributed by atoms with Crippen LogP contribution in [0.2, 0.25) is 0 Å². The summed E-state index contributed by atoms with van der Waals surface area (Å²) in [7, 11) is 1.24. The van der Waals surface area contributed by atoms with Crippen LogP contribution in [-0.4, -0.2) is 31.4 Å². The summed E-state index contributed by atoms with van der Waals surface area (Å²) in [4.78, 5) is 34.3. The molecule has 2 unspecified atom stereocenters. The number of hydrogen-bond acceptors (Lipinski definition) is 5. The number of hydrogen-bond donors (Lipinski definition) is 0. The summed E-state index contributed by atoms with van der Waals surface area (Å²) >= 11 is 0. The van der Waals surface area contributed by atoms with E-state index in [0.29, 0.717) is 12.8 Å². The second-order valence-corrected chi connectivity index (χ2v) is 4.93. The molecule has 1 aliphatic rings. The lowest BCUT2D eigenvalue weighted by Gasteiger charge is -2.15. The molecule has 1 aliphatic carbocycles. The average Bonchev–Trinajstić information content (AvgIpc) is 2.77. The highest BCUT2D eigenvalue weighted by molar-refractivity contribution is 5.85. The van der Waals surface area contributed by atoms with Crippen molar-refractivity contribution in [2.24, 2.45) is 11.8 Å². The highest BCUT2D eigenvalue weighted by atomic mass is 16.6. The third-order valence-electron chi connectivity index (χ3n) is 3.54. The number of carbonyl (C=O) groups is 3. The molecular weight excluding hydrogens is 260 g/mol. The van der Waals surface area contributed by atoms with Gasteiger partial charge in [-0.05, 0) is 25.2 Å². The van der Waals surface area contributed by atoms with Crippen LogP contribution in [0, 0.1) is 11.8 Å². The van der Waals surface area contributed by atoms with E-state index in [1.54, 1.807) is 0 Å². The molecule has 0 spiro atoms. The van der Waals surface area contributed by atoms with Gasteiger partial charge in [0.05, 0.1) is 7.11 Å². The average molecular weight is 282 g/mol. The first-order valence-electron chi connectivity index (χ1n) is 6.98. The van der Waals surface area contributed by atoms with E-state index >= 15 is 0 Å². The molecule has 0 N–H and O–H groups in total. The Balaban J connectivity index is 2.44. The van der Waals surface area contributed by atoms with E-state index in [-0.39, 0.29) is 30.6 Å². The molecule has 20 heavy (non-hydrogen) atoms. The highest BCUT2D eigenvalue weighted by Gasteiger charge is 2.35. The number of Topliss-reactive ketones (excluding diaryl/α,β-unsaturated/α-hetero) is 1. The van der Waals surface area contributed by atoms with Crippen molar-refractivity contribution in [3.05, 3.63) is 12.2 Å². The van der Waals surface area contributed by atoms with Gasteiger partial charge in [-0.2, -0.15) is 0 Å². The quantitative estimate of drug-likeness (QED) is 0.528. The number of ether oxygens (including phenoxy) is 2. The number of esters is 2. The molecule has 1 rings (SSSR count). The number of allylic oxidation sites excluding steroid dienone is 2. The molecule has 1 fully saturated rings. The van der Waals surface area contributed by atoms with Gasteiger partial charge in [-0.25, -0.2) is 4.79 Å². The Bertz CT molecular complexity index is 386. The first-order valence-corrected chi connectivity index (χ1v) is 6.98. The van der Waals surface area contributed by atoms with Crippen LogP contribution in [-0.2, 0) is 23.9 Å². The summed E-state index contributed by atoms with van der Waals surface area (Å²) in [5.74, 6) is -0.878. The minimum Gasteiger partial charge on any atom is -0.466 e. The number of ketones is 1. The van der Waals surface area contributed by atoms with Crippen molar-refractivity contribution in [3.8, 4) is 0 Å². The van der Waals surface area contributed by atoms with Crippen LogP contribution in [0.1, 0.15) is 39.0 Å². The van der Waals surface area contributed by atoms with Crippen molar-refractivity contribution in [2.45, 2.75) is 39.0 Å². The fraction of sp³-hybridized carbons (Fsp3) is 0.667. The molecule has 0 heterocycles. The van der Waals surface area contributed by atoms with E-state index in [4.69, 9.17) is 4.74 Å². The second-order valence-electron chi connectivity index (χ2n) is 4.93. The summed E-state index contributed by atoms with van der Waals surface area (Å²) in [6, 6.07) is 0. The lowest BCUT2D eigenvalue weighted by atomic mass is 9.89. The van der Waals surface area contributed by atoms with Gasteiger partial charge in [-0.3, -0.25) is 9.59 Å². The minimum atomic E-state index is -0.580. The molecule has 1 saturated carbocycles. The molecule has 112 valence electrons. The molecular formula is C15H22O5. The fourth-order valence-corrected chi connectivity index (χ4v) is 2.43. The molecule has 0 saturated heterocycles. The monoisotopic (exact) mass is 282 g/mol. The van der Waals surface area contributed by atoms with E-state index in [1.807, 2.05) is 19.1 Å². The Morgan fingerprint density at radius 3 is 2.70 bits per heavy atom. The molecule has 0 bridgehead atoms. The Morgan fingerprint density at radius 2 is 2.05 bits per heavy atom. The zero-order valence-corrected chi connectivity index (χ0v) is 12.1. The molecule has 0 aromatic heterocycles. The summed E-state index contributed by atoms with van der Waals surface area (Å²) in [6.07, 6.45) is 7.08. The van der Waals surface area contributed by atoms with Gasteiger partial charge in [0, 0.05) is 18.8 Å². The lowest BCUT2D eigenvalue weighted by Crippen LogP contribution is -2.21. The van der Waals surface area contributed by atoms with Crippen molar-refractivity contribution < 1.29 is 23.9 Å². The smallest absolute Gasteiger partial charge is 0.344 e. The Morgan fingerprint density at radius 1 is 1.30 bits per heavy atom. The summed E-state index contributed by atoms with van der Waals surface area (Å²) in [6.45, 7) is 1.67. The number of rotatable bonds is 7. The van der Waals surface area contributed by atoms with Crippen LogP contribution < -0.4 is 0 Å². The standard InChI is InChI=1S/C15H22O5/c1-3-4-5-6-12-11(7-8-13(12)16)9-14(17)20-10-15(18)19-2/h4-5,11-12H,3,6-10H2,1-2H3/b5-4-. The van der Waals surface area contributed by atoms with Crippen molar-refractivity contribution in [3.63, 3.8) is 0 Å². The van der Waals surface area contributed by atoms with Gasteiger partial charge < -0.3 is 9.47 Å². The molecule has 0 aliphatic heterocycles. The van der Waals surface area contributed by atoms with Crippen LogP contribution in [0.15, 0.2) is 12.2 Å². The predicted molar refractivity (Wildman–Crippen MR) is 72.9 cm³/mol.